The second-order valence-corrected chi connectivity index (χ2v) is 1.94. The van der Waals surface area contributed by atoms with E-state index in [1.807, 2.05) is 9.47 Å². The van der Waals surface area contributed by atoms with Gasteiger partial charge in [0.15, 0.2) is 0 Å². The Morgan fingerprint density at radius 3 is 2.89 bits per heavy atom. The van der Waals surface area contributed by atoms with E-state index in [4.69, 9.17) is 5.11 Å². The molecule has 0 bridgehead atoms. The molecule has 1 unspecified atom stereocenters. The van der Waals surface area contributed by atoms with E-state index in [-0.39, 0.29) is 0 Å². The summed E-state index contributed by atoms with van der Waals surface area (Å²) in [6.45, 7) is 1.91. The van der Waals surface area contributed by atoms with Crippen LogP contribution in [0.1, 0.15) is 6.92 Å². The minimum absolute atomic E-state index is 0.318. The van der Waals surface area contributed by atoms with Crippen molar-refractivity contribution in [1.82, 2.24) is 5.48 Å². The number of aliphatic carboxylic acids is 1. The Hall–Kier alpha value is -0.180. The van der Waals surface area contributed by atoms with Gasteiger partial charge < -0.3 is 5.11 Å². The van der Waals surface area contributed by atoms with Crippen molar-refractivity contribution in [2.75, 3.05) is 6.54 Å². The van der Waals surface area contributed by atoms with Gasteiger partial charge in [-0.1, -0.05) is 6.92 Å². The maximum absolute atomic E-state index is 10.1. The second kappa shape index (κ2) is 4.68. The van der Waals surface area contributed by atoms with Gasteiger partial charge in [-0.05, 0) is 0 Å². The fraction of sp³-hybridized carbons (Fsp3) is 0.750. The molecule has 2 N–H and O–H groups in total. The quantitative estimate of drug-likeness (QED) is 0.439. The molecule has 0 aliphatic heterocycles. The van der Waals surface area contributed by atoms with Gasteiger partial charge in [-0.3, -0.25) is 9.42 Å². The molecule has 0 saturated heterocycles. The van der Waals surface area contributed by atoms with Gasteiger partial charge in [0.25, 0.3) is 0 Å². The first-order valence-electron chi connectivity index (χ1n) is 2.50. The van der Waals surface area contributed by atoms with Crippen LogP contribution in [0, 0.1) is 5.92 Å². The Balaban J connectivity index is 3.27. The molecule has 0 rings (SSSR count). The van der Waals surface area contributed by atoms with E-state index >= 15 is 0 Å². The fourth-order valence-electron chi connectivity index (χ4n) is 0.260. The summed E-state index contributed by atoms with van der Waals surface area (Å²) < 4.78 is 4.37. The molecular formula is C4H10NO3P. The number of carbonyl (C=O) groups is 1. The lowest BCUT2D eigenvalue weighted by Gasteiger charge is -2.04. The van der Waals surface area contributed by atoms with Crippen molar-refractivity contribution < 1.29 is 14.5 Å². The summed E-state index contributed by atoms with van der Waals surface area (Å²) in [5.74, 6) is -1.24. The van der Waals surface area contributed by atoms with E-state index in [0.29, 0.717) is 6.54 Å². The highest BCUT2D eigenvalue weighted by Gasteiger charge is 2.08. The Bertz CT molecular complexity index is 97.8. The van der Waals surface area contributed by atoms with Gasteiger partial charge in [0, 0.05) is 16.0 Å². The number of carboxylic acid groups (broad SMARTS) is 1. The van der Waals surface area contributed by atoms with Gasteiger partial charge in [0.05, 0.1) is 5.92 Å². The van der Waals surface area contributed by atoms with Crippen LogP contribution in [0.25, 0.3) is 0 Å². The highest BCUT2D eigenvalue weighted by Crippen LogP contribution is 1.91. The van der Waals surface area contributed by atoms with E-state index in [1.165, 1.54) is 0 Å². The lowest BCUT2D eigenvalue weighted by atomic mass is 10.2. The van der Waals surface area contributed by atoms with Crippen molar-refractivity contribution in [2.24, 2.45) is 5.92 Å². The molecule has 0 aromatic rings. The summed E-state index contributed by atoms with van der Waals surface area (Å²) in [5.41, 5.74) is 2.41. The highest BCUT2D eigenvalue weighted by atomic mass is 31.0. The maximum Gasteiger partial charge on any atom is 0.307 e. The maximum atomic E-state index is 10.1. The van der Waals surface area contributed by atoms with Gasteiger partial charge in [-0.15, -0.1) is 0 Å². The molecule has 0 saturated carbocycles. The Morgan fingerprint density at radius 2 is 2.56 bits per heavy atom. The number of rotatable bonds is 4. The molecule has 54 valence electrons. The van der Waals surface area contributed by atoms with Crippen molar-refractivity contribution in [3.8, 4) is 0 Å². The zero-order valence-electron chi connectivity index (χ0n) is 5.13. The smallest absolute Gasteiger partial charge is 0.307 e. The first-order valence-corrected chi connectivity index (χ1v) is 2.97. The minimum atomic E-state index is -0.829. The lowest BCUT2D eigenvalue weighted by Crippen LogP contribution is -2.23. The lowest BCUT2D eigenvalue weighted by molar-refractivity contribution is -0.141. The summed E-state index contributed by atoms with van der Waals surface area (Å²) in [6.07, 6.45) is 0. The van der Waals surface area contributed by atoms with E-state index in [0.717, 1.165) is 0 Å². The van der Waals surface area contributed by atoms with Crippen LogP contribution in [-0.4, -0.2) is 17.6 Å². The topological polar surface area (TPSA) is 58.6 Å². The van der Waals surface area contributed by atoms with E-state index in [1.54, 1.807) is 6.92 Å². The Kier molecular flexibility index (Phi) is 4.58. The van der Waals surface area contributed by atoms with Crippen LogP contribution < -0.4 is 5.48 Å². The number of carboxylic acids is 1. The molecule has 0 spiro atoms. The molecule has 4 nitrogen and oxygen atoms in total. The zero-order valence-corrected chi connectivity index (χ0v) is 6.28. The molecule has 0 radical (unpaired) electrons. The summed E-state index contributed by atoms with van der Waals surface area (Å²) >= 11 is 0. The minimum Gasteiger partial charge on any atom is -0.481 e. The number of hydrogen-bond donors (Lipinski definition) is 2. The molecule has 0 heterocycles. The second-order valence-electron chi connectivity index (χ2n) is 1.71. The largest absolute Gasteiger partial charge is 0.481 e. The van der Waals surface area contributed by atoms with Crippen LogP contribution in [0.4, 0.5) is 0 Å². The van der Waals surface area contributed by atoms with Crippen molar-refractivity contribution >= 4 is 15.4 Å². The van der Waals surface area contributed by atoms with Crippen LogP contribution >= 0.6 is 9.47 Å². The first-order chi connectivity index (χ1) is 4.18. The molecule has 0 aromatic carbocycles. The van der Waals surface area contributed by atoms with Crippen LogP contribution in [0.5, 0.6) is 0 Å². The van der Waals surface area contributed by atoms with Crippen molar-refractivity contribution in [3.05, 3.63) is 0 Å². The van der Waals surface area contributed by atoms with E-state index < -0.39 is 11.9 Å². The van der Waals surface area contributed by atoms with Crippen molar-refractivity contribution in [3.63, 3.8) is 0 Å². The summed E-state index contributed by atoms with van der Waals surface area (Å²) in [6, 6.07) is 0. The van der Waals surface area contributed by atoms with Gasteiger partial charge in [-0.2, -0.15) is 5.48 Å². The Labute approximate surface area is 55.8 Å². The third-order valence-corrected chi connectivity index (χ3v) is 1.06. The van der Waals surface area contributed by atoms with E-state index in [2.05, 4.69) is 10.1 Å². The average Bonchev–Trinajstić information content (AvgIpc) is 1.82. The summed E-state index contributed by atoms with van der Waals surface area (Å²) in [4.78, 5) is 10.1. The van der Waals surface area contributed by atoms with Crippen molar-refractivity contribution in [2.45, 2.75) is 6.92 Å². The summed E-state index contributed by atoms with van der Waals surface area (Å²) in [5, 5.41) is 8.31. The van der Waals surface area contributed by atoms with Gasteiger partial charge in [0.1, 0.15) is 0 Å². The standard InChI is InChI=1S/C4H10NO3P/c1-3(4(6)7)2-5-8-9/h3,5H,2,9H2,1H3,(H,6,7)/t3-/m0/s1. The molecule has 0 fully saturated rings. The van der Waals surface area contributed by atoms with Gasteiger partial charge >= 0.3 is 5.97 Å². The Morgan fingerprint density at radius 1 is 2.00 bits per heavy atom. The monoisotopic (exact) mass is 151 g/mol. The molecule has 0 aromatic heterocycles. The molecule has 0 aliphatic carbocycles. The molecule has 0 aliphatic rings. The third-order valence-electron chi connectivity index (χ3n) is 0.894. The fourth-order valence-corrected chi connectivity index (χ4v) is 0.357. The van der Waals surface area contributed by atoms with Crippen LogP contribution in [-0.2, 0) is 9.42 Å². The first kappa shape index (κ1) is 8.82. The SMILES string of the molecule is C[C@@H](CNOP)C(=O)O. The van der Waals surface area contributed by atoms with Gasteiger partial charge in [-0.25, -0.2) is 0 Å². The third kappa shape index (κ3) is 4.33. The number of hydrogen-bond acceptors (Lipinski definition) is 3. The number of hydroxylamine groups is 1. The van der Waals surface area contributed by atoms with Crippen LogP contribution in [0.15, 0.2) is 0 Å². The number of nitrogens with one attached hydrogen (secondary N) is 1. The summed E-state index contributed by atoms with van der Waals surface area (Å²) in [7, 11) is 1.97. The van der Waals surface area contributed by atoms with Crippen LogP contribution in [0.2, 0.25) is 0 Å². The normalized spacial score (nSPS) is 13.1. The predicted molar refractivity (Wildman–Crippen MR) is 35.6 cm³/mol. The van der Waals surface area contributed by atoms with Crippen LogP contribution in [0.3, 0.4) is 0 Å². The molecule has 5 heteroatoms. The molecule has 9 heavy (non-hydrogen) atoms. The predicted octanol–water partition coefficient (Wildman–Crippen LogP) is 0.0184. The van der Waals surface area contributed by atoms with Gasteiger partial charge in [0.2, 0.25) is 0 Å². The zero-order chi connectivity index (χ0) is 7.28. The highest BCUT2D eigenvalue weighted by molar-refractivity contribution is 7.09. The molecular weight excluding hydrogens is 141 g/mol. The van der Waals surface area contributed by atoms with E-state index in [9.17, 15) is 4.79 Å². The molecule has 2 atom stereocenters. The van der Waals surface area contributed by atoms with Crippen molar-refractivity contribution in [1.29, 1.82) is 0 Å². The molecule has 0 amide bonds. The average molecular weight is 151 g/mol.